The third kappa shape index (κ3) is 4.33. The number of β-lactam (4-membered cyclic amide) rings is 1. The first-order valence-corrected chi connectivity index (χ1v) is 11.0. The second-order valence-corrected chi connectivity index (χ2v) is 9.13. The molecule has 32 heavy (non-hydrogen) atoms. The van der Waals surface area contributed by atoms with Crippen LogP contribution in [0.3, 0.4) is 0 Å². The van der Waals surface area contributed by atoms with Gasteiger partial charge in [0.25, 0.3) is 5.69 Å². The van der Waals surface area contributed by atoms with Gasteiger partial charge in [-0.15, -0.1) is 11.8 Å². The topological polar surface area (TPSA) is 132 Å². The SMILES string of the molecule is CC1(C(=O)OCc2ccc([N+](=O)[O-])cc2)CS[C@@H]2C(NC(=O)Cc3ccco3)C(=O)N2C1. The van der Waals surface area contributed by atoms with Gasteiger partial charge in [-0.05, 0) is 36.8 Å². The number of furan rings is 1. The Kier molecular flexibility index (Phi) is 5.92. The molecule has 2 fully saturated rings. The summed E-state index contributed by atoms with van der Waals surface area (Å²) in [6.07, 6.45) is 1.54. The fourth-order valence-electron chi connectivity index (χ4n) is 3.66. The zero-order valence-corrected chi connectivity index (χ0v) is 18.0. The van der Waals surface area contributed by atoms with Crippen LogP contribution in [-0.2, 0) is 32.1 Å². The van der Waals surface area contributed by atoms with Crippen LogP contribution < -0.4 is 5.32 Å². The predicted octanol–water partition coefficient (Wildman–Crippen LogP) is 1.88. The predicted molar refractivity (Wildman–Crippen MR) is 113 cm³/mol. The third-order valence-electron chi connectivity index (χ3n) is 5.47. The van der Waals surface area contributed by atoms with Gasteiger partial charge in [-0.25, -0.2) is 0 Å². The van der Waals surface area contributed by atoms with Crippen molar-refractivity contribution in [3.8, 4) is 0 Å². The van der Waals surface area contributed by atoms with Crippen molar-refractivity contribution in [2.24, 2.45) is 5.41 Å². The molecule has 1 aromatic heterocycles. The highest BCUT2D eigenvalue weighted by molar-refractivity contribution is 8.00. The number of carbonyl (C=O) groups is 3. The first kappa shape index (κ1) is 21.9. The highest BCUT2D eigenvalue weighted by Crippen LogP contribution is 2.42. The van der Waals surface area contributed by atoms with E-state index in [0.29, 0.717) is 17.1 Å². The van der Waals surface area contributed by atoms with Crippen molar-refractivity contribution in [2.75, 3.05) is 12.3 Å². The maximum Gasteiger partial charge on any atom is 0.314 e. The number of carbonyl (C=O) groups excluding carboxylic acids is 3. The number of non-ortho nitro benzene ring substituents is 1. The molecular formula is C21H21N3O7S. The van der Waals surface area contributed by atoms with Gasteiger partial charge in [0, 0.05) is 24.4 Å². The number of hydrogen-bond acceptors (Lipinski definition) is 8. The van der Waals surface area contributed by atoms with Crippen molar-refractivity contribution in [3.05, 3.63) is 64.1 Å². The summed E-state index contributed by atoms with van der Waals surface area (Å²) in [6.45, 7) is 1.93. The zero-order chi connectivity index (χ0) is 22.9. The summed E-state index contributed by atoms with van der Waals surface area (Å²) >= 11 is 1.43. The summed E-state index contributed by atoms with van der Waals surface area (Å²) in [7, 11) is 0. The number of amides is 2. The standard InChI is InChI=1S/C21H21N3O7S/c1-21(20(27)31-10-13-4-6-14(7-5-13)24(28)29)11-23-18(26)17(19(23)32-12-21)22-16(25)9-15-3-2-8-30-15/h2-8,17,19H,9-12H2,1H3,(H,22,25)/t17?,19-,21?/m1/s1. The van der Waals surface area contributed by atoms with E-state index in [1.165, 1.54) is 42.3 Å². The van der Waals surface area contributed by atoms with Crippen molar-refractivity contribution in [1.29, 1.82) is 0 Å². The minimum absolute atomic E-state index is 0.0140. The first-order chi connectivity index (χ1) is 15.3. The molecule has 0 saturated carbocycles. The van der Waals surface area contributed by atoms with Crippen LogP contribution in [0.1, 0.15) is 18.2 Å². The van der Waals surface area contributed by atoms with Crippen molar-refractivity contribution in [3.63, 3.8) is 0 Å². The average molecular weight is 459 g/mol. The van der Waals surface area contributed by atoms with Gasteiger partial charge >= 0.3 is 5.97 Å². The number of nitrogens with one attached hydrogen (secondary N) is 1. The van der Waals surface area contributed by atoms with E-state index in [9.17, 15) is 24.5 Å². The average Bonchev–Trinajstić information content (AvgIpc) is 3.29. The summed E-state index contributed by atoms with van der Waals surface area (Å²) in [4.78, 5) is 49.3. The second kappa shape index (κ2) is 8.65. The van der Waals surface area contributed by atoms with Crippen LogP contribution in [-0.4, -0.2) is 51.3 Å². The van der Waals surface area contributed by atoms with Gasteiger partial charge in [0.1, 0.15) is 23.8 Å². The Morgan fingerprint density at radius 3 is 2.75 bits per heavy atom. The number of nitrogens with zero attached hydrogens (tertiary/aromatic N) is 2. The number of thioether (sulfide) groups is 1. The number of rotatable bonds is 7. The molecule has 0 bridgehead atoms. The van der Waals surface area contributed by atoms with E-state index in [0.717, 1.165) is 0 Å². The molecule has 1 aromatic carbocycles. The van der Waals surface area contributed by atoms with E-state index in [4.69, 9.17) is 9.15 Å². The molecule has 2 amide bonds. The van der Waals surface area contributed by atoms with Gasteiger partial charge in [-0.1, -0.05) is 0 Å². The Morgan fingerprint density at radius 1 is 1.34 bits per heavy atom. The lowest BCUT2D eigenvalue weighted by Crippen LogP contribution is -2.73. The van der Waals surface area contributed by atoms with Crippen molar-refractivity contribution in [2.45, 2.75) is 31.4 Å². The molecule has 2 aliphatic heterocycles. The lowest BCUT2D eigenvalue weighted by Gasteiger charge is -2.53. The molecular weight excluding hydrogens is 438 g/mol. The molecule has 2 aromatic rings. The van der Waals surface area contributed by atoms with Gasteiger partial charge < -0.3 is 19.4 Å². The van der Waals surface area contributed by atoms with E-state index in [1.807, 2.05) is 0 Å². The minimum atomic E-state index is -0.888. The van der Waals surface area contributed by atoms with E-state index >= 15 is 0 Å². The van der Waals surface area contributed by atoms with Crippen molar-refractivity contribution < 1.29 is 28.5 Å². The number of esters is 1. The molecule has 2 aliphatic rings. The molecule has 3 heterocycles. The maximum absolute atomic E-state index is 12.7. The third-order valence-corrected chi connectivity index (χ3v) is 7.15. The van der Waals surface area contributed by atoms with Crippen LogP contribution in [0.25, 0.3) is 0 Å². The number of fused-ring (bicyclic) bond motifs is 1. The smallest absolute Gasteiger partial charge is 0.314 e. The van der Waals surface area contributed by atoms with Gasteiger partial charge in [-0.3, -0.25) is 24.5 Å². The van der Waals surface area contributed by atoms with Crippen LogP contribution in [0, 0.1) is 15.5 Å². The molecule has 168 valence electrons. The van der Waals surface area contributed by atoms with Crippen LogP contribution in [0.4, 0.5) is 5.69 Å². The van der Waals surface area contributed by atoms with Crippen LogP contribution >= 0.6 is 11.8 Å². The summed E-state index contributed by atoms with van der Waals surface area (Å²) in [5.74, 6) is -0.0186. The lowest BCUT2D eigenvalue weighted by atomic mass is 9.89. The second-order valence-electron chi connectivity index (χ2n) is 8.03. The molecule has 1 N–H and O–H groups in total. The Labute approximate surface area is 187 Å². The number of nitro benzene ring substituents is 1. The van der Waals surface area contributed by atoms with E-state index in [1.54, 1.807) is 24.0 Å². The van der Waals surface area contributed by atoms with E-state index in [2.05, 4.69) is 5.32 Å². The van der Waals surface area contributed by atoms with Gasteiger partial charge in [0.05, 0.1) is 23.0 Å². The first-order valence-electron chi connectivity index (χ1n) is 9.91. The fourth-order valence-corrected chi connectivity index (χ4v) is 5.14. The molecule has 10 nitrogen and oxygen atoms in total. The van der Waals surface area contributed by atoms with Gasteiger partial charge in [0.15, 0.2) is 0 Å². The molecule has 0 aliphatic carbocycles. The minimum Gasteiger partial charge on any atom is -0.469 e. The molecule has 2 saturated heterocycles. The van der Waals surface area contributed by atoms with Gasteiger partial charge in [0.2, 0.25) is 11.8 Å². The van der Waals surface area contributed by atoms with Crippen molar-refractivity contribution in [1.82, 2.24) is 10.2 Å². The highest BCUT2D eigenvalue weighted by atomic mass is 32.2. The summed E-state index contributed by atoms with van der Waals surface area (Å²) in [6, 6.07) is 8.54. The molecule has 11 heteroatoms. The van der Waals surface area contributed by atoms with Crippen LogP contribution in [0.5, 0.6) is 0 Å². The largest absolute Gasteiger partial charge is 0.469 e. The number of ether oxygens (including phenoxy) is 1. The zero-order valence-electron chi connectivity index (χ0n) is 17.2. The summed E-state index contributed by atoms with van der Waals surface area (Å²) in [5, 5.41) is 13.2. The fraction of sp³-hybridized carbons (Fsp3) is 0.381. The Bertz CT molecular complexity index is 1040. The molecule has 0 spiro atoms. The Hall–Kier alpha value is -3.34. The lowest BCUT2D eigenvalue weighted by molar-refractivity contribution is -0.384. The van der Waals surface area contributed by atoms with E-state index < -0.39 is 22.3 Å². The Balaban J connectivity index is 1.29. The van der Waals surface area contributed by atoms with Crippen molar-refractivity contribution >= 4 is 35.2 Å². The van der Waals surface area contributed by atoms with E-state index in [-0.39, 0.29) is 42.4 Å². The monoisotopic (exact) mass is 459 g/mol. The Morgan fingerprint density at radius 2 is 2.09 bits per heavy atom. The number of nitro groups is 1. The highest BCUT2D eigenvalue weighted by Gasteiger charge is 2.56. The molecule has 4 rings (SSSR count). The summed E-state index contributed by atoms with van der Waals surface area (Å²) in [5.41, 5.74) is -0.294. The number of benzene rings is 1. The van der Waals surface area contributed by atoms with Crippen LogP contribution in [0.2, 0.25) is 0 Å². The van der Waals surface area contributed by atoms with Crippen LogP contribution in [0.15, 0.2) is 47.1 Å². The van der Waals surface area contributed by atoms with Gasteiger partial charge in [-0.2, -0.15) is 0 Å². The molecule has 2 unspecified atom stereocenters. The quantitative estimate of drug-likeness (QED) is 0.287. The number of hydrogen-bond donors (Lipinski definition) is 1. The molecule has 3 atom stereocenters. The maximum atomic E-state index is 12.7. The summed E-state index contributed by atoms with van der Waals surface area (Å²) < 4.78 is 10.6. The molecule has 0 radical (unpaired) electrons. The normalized spacial score (nSPS) is 24.3.